The fourth-order valence-electron chi connectivity index (χ4n) is 3.07. The zero-order valence-electron chi connectivity index (χ0n) is 12.1. The number of aryl methyl sites for hydroxylation is 2. The molecule has 2 heterocycles. The molecule has 0 radical (unpaired) electrons. The third-order valence-corrected chi connectivity index (χ3v) is 4.24. The van der Waals surface area contributed by atoms with Crippen LogP contribution in [0.1, 0.15) is 16.7 Å². The van der Waals surface area contributed by atoms with Gasteiger partial charge in [-0.2, -0.15) is 5.26 Å². The van der Waals surface area contributed by atoms with E-state index in [2.05, 4.69) is 52.7 Å². The number of H-pyrrole nitrogens is 2. The molecule has 0 amide bonds. The first-order valence-corrected chi connectivity index (χ1v) is 7.40. The summed E-state index contributed by atoms with van der Waals surface area (Å²) >= 11 is 0. The lowest BCUT2D eigenvalue weighted by Gasteiger charge is -2.00. The summed E-state index contributed by atoms with van der Waals surface area (Å²) < 4.78 is 0. The van der Waals surface area contributed by atoms with Crippen molar-refractivity contribution in [2.75, 3.05) is 0 Å². The number of rotatable bonds is 3. The van der Waals surface area contributed by atoms with Crippen molar-refractivity contribution in [2.24, 2.45) is 0 Å². The van der Waals surface area contributed by atoms with E-state index in [4.69, 9.17) is 5.26 Å². The van der Waals surface area contributed by atoms with E-state index < -0.39 is 0 Å². The summed E-state index contributed by atoms with van der Waals surface area (Å²) in [4.78, 5) is 6.60. The molecule has 106 valence electrons. The zero-order valence-corrected chi connectivity index (χ0v) is 12.1. The molecule has 22 heavy (non-hydrogen) atoms. The Morgan fingerprint density at radius 3 is 2.27 bits per heavy atom. The fraction of sp³-hybridized carbons (Fsp3) is 0.105. The summed E-state index contributed by atoms with van der Waals surface area (Å²) in [6, 6.07) is 16.4. The molecule has 0 saturated heterocycles. The minimum absolute atomic E-state index is 0.692. The van der Waals surface area contributed by atoms with E-state index >= 15 is 0 Å². The Labute approximate surface area is 128 Å². The molecular formula is C19H15N3. The van der Waals surface area contributed by atoms with Crippen molar-refractivity contribution in [2.45, 2.75) is 12.8 Å². The van der Waals surface area contributed by atoms with Crippen LogP contribution >= 0.6 is 0 Å². The van der Waals surface area contributed by atoms with E-state index in [1.807, 2.05) is 18.2 Å². The molecule has 0 aliphatic rings. The van der Waals surface area contributed by atoms with Gasteiger partial charge in [-0.1, -0.05) is 24.3 Å². The van der Waals surface area contributed by atoms with Crippen LogP contribution in [0.3, 0.4) is 0 Å². The number of para-hydroxylation sites is 1. The average molecular weight is 285 g/mol. The molecule has 0 atom stereocenters. The molecule has 2 N–H and O–H groups in total. The highest BCUT2D eigenvalue weighted by molar-refractivity contribution is 5.85. The van der Waals surface area contributed by atoms with Crippen molar-refractivity contribution in [3.05, 3.63) is 71.5 Å². The Kier molecular flexibility index (Phi) is 2.94. The number of aromatic nitrogens is 2. The van der Waals surface area contributed by atoms with Gasteiger partial charge in [0.25, 0.3) is 0 Å². The summed E-state index contributed by atoms with van der Waals surface area (Å²) in [6.45, 7) is 0. The molecule has 0 unspecified atom stereocenters. The van der Waals surface area contributed by atoms with Crippen LogP contribution in [-0.4, -0.2) is 9.97 Å². The van der Waals surface area contributed by atoms with Crippen LogP contribution in [0.2, 0.25) is 0 Å². The van der Waals surface area contributed by atoms with Crippen LogP contribution in [-0.2, 0) is 12.8 Å². The third kappa shape index (κ3) is 2.06. The van der Waals surface area contributed by atoms with Crippen molar-refractivity contribution >= 4 is 21.8 Å². The predicted molar refractivity (Wildman–Crippen MR) is 88.7 cm³/mol. The molecule has 3 heteroatoms. The Hall–Kier alpha value is -2.99. The number of hydrogen-bond donors (Lipinski definition) is 2. The maximum Gasteiger partial charge on any atom is 0.0992 e. The van der Waals surface area contributed by atoms with Gasteiger partial charge in [0.2, 0.25) is 0 Å². The first kappa shape index (κ1) is 12.7. The van der Waals surface area contributed by atoms with Crippen molar-refractivity contribution in [1.82, 2.24) is 9.97 Å². The van der Waals surface area contributed by atoms with Crippen molar-refractivity contribution < 1.29 is 0 Å². The Bertz CT molecular complexity index is 998. The Balaban J connectivity index is 1.63. The van der Waals surface area contributed by atoms with Crippen molar-refractivity contribution in [3.8, 4) is 6.07 Å². The van der Waals surface area contributed by atoms with Crippen molar-refractivity contribution in [1.29, 1.82) is 5.26 Å². The normalized spacial score (nSPS) is 11.0. The highest BCUT2D eigenvalue weighted by Crippen LogP contribution is 2.23. The van der Waals surface area contributed by atoms with E-state index in [1.54, 1.807) is 0 Å². The SMILES string of the molecule is N#Cc1ccc2c(CCc3c[nH]c4ccccc34)c[nH]c2c1. The molecule has 3 nitrogen and oxygen atoms in total. The predicted octanol–water partition coefficient (Wildman–Crippen LogP) is 4.31. The molecule has 0 bridgehead atoms. The van der Waals surface area contributed by atoms with E-state index in [0.29, 0.717) is 5.56 Å². The van der Waals surface area contributed by atoms with Crippen LogP contribution in [0.5, 0.6) is 0 Å². The second-order valence-electron chi connectivity index (χ2n) is 5.55. The van der Waals surface area contributed by atoms with Gasteiger partial charge in [-0.05, 0) is 42.2 Å². The van der Waals surface area contributed by atoms with Crippen LogP contribution < -0.4 is 0 Å². The molecule has 2 aromatic carbocycles. The highest BCUT2D eigenvalue weighted by atomic mass is 14.7. The van der Waals surface area contributed by atoms with Crippen molar-refractivity contribution in [3.63, 3.8) is 0 Å². The van der Waals surface area contributed by atoms with Gasteiger partial charge in [-0.25, -0.2) is 0 Å². The first-order chi connectivity index (χ1) is 10.8. The van der Waals surface area contributed by atoms with E-state index in [1.165, 1.54) is 27.4 Å². The van der Waals surface area contributed by atoms with Gasteiger partial charge in [0.1, 0.15) is 0 Å². The average Bonchev–Trinajstić information content (AvgIpc) is 3.16. The van der Waals surface area contributed by atoms with Crippen LogP contribution in [0.25, 0.3) is 21.8 Å². The lowest BCUT2D eigenvalue weighted by molar-refractivity contribution is 0.976. The number of nitriles is 1. The summed E-state index contributed by atoms with van der Waals surface area (Å²) in [5, 5.41) is 11.5. The van der Waals surface area contributed by atoms with Gasteiger partial charge >= 0.3 is 0 Å². The molecular weight excluding hydrogens is 270 g/mol. The van der Waals surface area contributed by atoms with E-state index in [9.17, 15) is 0 Å². The minimum atomic E-state index is 0.692. The number of nitrogens with zero attached hydrogens (tertiary/aromatic N) is 1. The monoisotopic (exact) mass is 285 g/mol. The van der Waals surface area contributed by atoms with Crippen LogP contribution in [0.15, 0.2) is 54.9 Å². The second-order valence-corrected chi connectivity index (χ2v) is 5.55. The Morgan fingerprint density at radius 1 is 0.818 bits per heavy atom. The number of benzene rings is 2. The summed E-state index contributed by atoms with van der Waals surface area (Å²) in [6.07, 6.45) is 6.14. The lowest BCUT2D eigenvalue weighted by Crippen LogP contribution is -1.89. The molecule has 4 aromatic rings. The zero-order chi connectivity index (χ0) is 14.9. The third-order valence-electron chi connectivity index (χ3n) is 4.24. The molecule has 2 aromatic heterocycles. The van der Waals surface area contributed by atoms with Gasteiger partial charge < -0.3 is 9.97 Å². The largest absolute Gasteiger partial charge is 0.361 e. The number of aromatic amines is 2. The quantitative estimate of drug-likeness (QED) is 0.579. The van der Waals surface area contributed by atoms with Crippen LogP contribution in [0.4, 0.5) is 0 Å². The van der Waals surface area contributed by atoms with Gasteiger partial charge in [-0.3, -0.25) is 0 Å². The topological polar surface area (TPSA) is 55.4 Å². The second kappa shape index (κ2) is 5.09. The summed E-state index contributed by atoms with van der Waals surface area (Å²) in [5.74, 6) is 0. The van der Waals surface area contributed by atoms with Gasteiger partial charge in [0.05, 0.1) is 11.6 Å². The fourth-order valence-corrected chi connectivity index (χ4v) is 3.07. The molecule has 0 fully saturated rings. The minimum Gasteiger partial charge on any atom is -0.361 e. The molecule has 0 spiro atoms. The summed E-state index contributed by atoms with van der Waals surface area (Å²) in [7, 11) is 0. The highest BCUT2D eigenvalue weighted by Gasteiger charge is 2.07. The smallest absolute Gasteiger partial charge is 0.0992 e. The first-order valence-electron chi connectivity index (χ1n) is 7.40. The van der Waals surface area contributed by atoms with Gasteiger partial charge in [0.15, 0.2) is 0 Å². The molecule has 4 rings (SSSR count). The van der Waals surface area contributed by atoms with Gasteiger partial charge in [-0.15, -0.1) is 0 Å². The number of nitrogens with one attached hydrogen (secondary N) is 2. The van der Waals surface area contributed by atoms with Gasteiger partial charge in [0, 0.05) is 34.2 Å². The van der Waals surface area contributed by atoms with Crippen LogP contribution in [0, 0.1) is 11.3 Å². The molecule has 0 saturated carbocycles. The molecule has 0 aliphatic heterocycles. The Morgan fingerprint density at radius 2 is 1.50 bits per heavy atom. The maximum atomic E-state index is 8.97. The van der Waals surface area contributed by atoms with E-state index in [-0.39, 0.29) is 0 Å². The maximum absolute atomic E-state index is 8.97. The van der Waals surface area contributed by atoms with E-state index in [0.717, 1.165) is 18.4 Å². The summed E-state index contributed by atoms with van der Waals surface area (Å²) in [5.41, 5.74) is 5.56. The lowest BCUT2D eigenvalue weighted by atomic mass is 10.0. The number of fused-ring (bicyclic) bond motifs is 2. The standard InChI is InChI=1S/C19H15N3/c20-10-13-5-8-17-15(12-22-19(17)9-13)7-6-14-11-21-18-4-2-1-3-16(14)18/h1-5,8-9,11-12,21-22H,6-7H2. The molecule has 0 aliphatic carbocycles. The number of hydrogen-bond acceptors (Lipinski definition) is 1.